The van der Waals surface area contributed by atoms with Gasteiger partial charge in [-0.3, -0.25) is 14.9 Å². The Hall–Kier alpha value is -2.31. The molecule has 2 amide bonds. The minimum absolute atomic E-state index is 0.216. The largest absolute Gasteiger partial charge is 0.476 e. The number of carboxylic acid groups (broad SMARTS) is 1. The standard InChI is InChI=1S/C10H9N3O4/c14-8-2-1-6(9(15)12-8)5-3-7(10(16)17)13-11-4-5/h3-4,6H,1-2H2,(H,16,17)(H,12,14,15). The highest BCUT2D eigenvalue weighted by Gasteiger charge is 2.28. The molecular formula is C10H9N3O4. The quantitative estimate of drug-likeness (QED) is 0.681. The van der Waals surface area contributed by atoms with E-state index in [1.807, 2.05) is 0 Å². The number of hydrogen-bond acceptors (Lipinski definition) is 5. The van der Waals surface area contributed by atoms with Crippen molar-refractivity contribution in [3.05, 3.63) is 23.5 Å². The van der Waals surface area contributed by atoms with E-state index in [9.17, 15) is 14.4 Å². The van der Waals surface area contributed by atoms with Gasteiger partial charge in [0.2, 0.25) is 11.8 Å². The van der Waals surface area contributed by atoms with E-state index >= 15 is 0 Å². The first-order valence-electron chi connectivity index (χ1n) is 4.97. The second-order valence-corrected chi connectivity index (χ2v) is 3.68. The fourth-order valence-electron chi connectivity index (χ4n) is 1.69. The van der Waals surface area contributed by atoms with Gasteiger partial charge in [0.15, 0.2) is 5.69 Å². The summed E-state index contributed by atoms with van der Waals surface area (Å²) in [6.07, 6.45) is 1.93. The molecule has 2 rings (SSSR count). The van der Waals surface area contributed by atoms with Gasteiger partial charge in [-0.15, -0.1) is 5.10 Å². The zero-order valence-electron chi connectivity index (χ0n) is 8.71. The van der Waals surface area contributed by atoms with Crippen LogP contribution in [-0.2, 0) is 9.59 Å². The fraction of sp³-hybridized carbons (Fsp3) is 0.300. The molecule has 0 saturated carbocycles. The van der Waals surface area contributed by atoms with Gasteiger partial charge in [0.1, 0.15) is 0 Å². The second-order valence-electron chi connectivity index (χ2n) is 3.68. The molecule has 7 heteroatoms. The lowest BCUT2D eigenvalue weighted by molar-refractivity contribution is -0.134. The molecule has 0 aromatic carbocycles. The van der Waals surface area contributed by atoms with Crippen LogP contribution < -0.4 is 5.32 Å². The summed E-state index contributed by atoms with van der Waals surface area (Å²) in [4.78, 5) is 33.2. The van der Waals surface area contributed by atoms with Crippen molar-refractivity contribution in [1.29, 1.82) is 0 Å². The summed E-state index contributed by atoms with van der Waals surface area (Å²) in [5.41, 5.74) is 0.245. The van der Waals surface area contributed by atoms with Crippen molar-refractivity contribution < 1.29 is 19.5 Å². The number of imide groups is 1. The number of hydrogen-bond donors (Lipinski definition) is 2. The highest BCUT2D eigenvalue weighted by atomic mass is 16.4. The minimum atomic E-state index is -1.20. The van der Waals surface area contributed by atoms with Crippen LogP contribution in [0.1, 0.15) is 34.8 Å². The van der Waals surface area contributed by atoms with Gasteiger partial charge in [-0.2, -0.15) is 5.10 Å². The lowest BCUT2D eigenvalue weighted by atomic mass is 9.91. The molecule has 88 valence electrons. The molecule has 1 fully saturated rings. The van der Waals surface area contributed by atoms with Crippen molar-refractivity contribution in [2.75, 3.05) is 0 Å². The van der Waals surface area contributed by atoms with Gasteiger partial charge in [0.25, 0.3) is 0 Å². The summed E-state index contributed by atoms with van der Waals surface area (Å²) >= 11 is 0. The van der Waals surface area contributed by atoms with Crippen molar-refractivity contribution in [3.63, 3.8) is 0 Å². The number of amides is 2. The Balaban J connectivity index is 2.28. The van der Waals surface area contributed by atoms with E-state index < -0.39 is 17.8 Å². The molecule has 2 N–H and O–H groups in total. The average Bonchev–Trinajstić information content (AvgIpc) is 2.29. The Morgan fingerprint density at radius 2 is 2.24 bits per heavy atom. The maximum atomic E-state index is 11.6. The molecule has 17 heavy (non-hydrogen) atoms. The van der Waals surface area contributed by atoms with Gasteiger partial charge in [-0.05, 0) is 18.1 Å². The Bertz CT molecular complexity index is 500. The third-order valence-corrected chi connectivity index (χ3v) is 2.54. The molecule has 0 radical (unpaired) electrons. The molecule has 2 heterocycles. The lowest BCUT2D eigenvalue weighted by Crippen LogP contribution is -2.39. The van der Waals surface area contributed by atoms with Crippen LogP contribution in [0.5, 0.6) is 0 Å². The number of aromatic carboxylic acids is 1. The number of carbonyl (C=O) groups is 3. The maximum absolute atomic E-state index is 11.6. The number of nitrogens with zero attached hydrogens (tertiary/aromatic N) is 2. The molecule has 1 aliphatic rings. The number of carboxylic acids is 1. The van der Waals surface area contributed by atoms with Gasteiger partial charge in [-0.25, -0.2) is 4.79 Å². The number of nitrogens with one attached hydrogen (secondary N) is 1. The van der Waals surface area contributed by atoms with Crippen LogP contribution in [0.3, 0.4) is 0 Å². The molecular weight excluding hydrogens is 226 g/mol. The van der Waals surface area contributed by atoms with Crippen LogP contribution in [0.15, 0.2) is 12.3 Å². The minimum Gasteiger partial charge on any atom is -0.476 e. The zero-order chi connectivity index (χ0) is 12.4. The van der Waals surface area contributed by atoms with Crippen molar-refractivity contribution in [2.24, 2.45) is 0 Å². The van der Waals surface area contributed by atoms with E-state index in [-0.39, 0.29) is 18.0 Å². The highest BCUT2D eigenvalue weighted by molar-refractivity contribution is 6.01. The summed E-state index contributed by atoms with van der Waals surface area (Å²) in [6, 6.07) is 1.30. The first-order chi connectivity index (χ1) is 8.08. The van der Waals surface area contributed by atoms with E-state index in [1.165, 1.54) is 12.3 Å². The Morgan fingerprint density at radius 3 is 2.88 bits per heavy atom. The molecule has 7 nitrogen and oxygen atoms in total. The molecule has 0 bridgehead atoms. The van der Waals surface area contributed by atoms with Crippen LogP contribution in [-0.4, -0.2) is 33.1 Å². The van der Waals surface area contributed by atoms with Gasteiger partial charge in [-0.1, -0.05) is 0 Å². The van der Waals surface area contributed by atoms with Crippen LogP contribution in [0.2, 0.25) is 0 Å². The zero-order valence-corrected chi connectivity index (χ0v) is 8.71. The smallest absolute Gasteiger partial charge is 0.356 e. The predicted octanol–water partition coefficient (Wildman–Crippen LogP) is -0.305. The van der Waals surface area contributed by atoms with Crippen LogP contribution in [0.4, 0.5) is 0 Å². The van der Waals surface area contributed by atoms with Crippen LogP contribution in [0, 0.1) is 0 Å². The Morgan fingerprint density at radius 1 is 1.47 bits per heavy atom. The molecule has 0 spiro atoms. The fourth-order valence-corrected chi connectivity index (χ4v) is 1.69. The topological polar surface area (TPSA) is 109 Å². The Labute approximate surface area is 95.9 Å². The molecule has 1 unspecified atom stereocenters. The van der Waals surface area contributed by atoms with Gasteiger partial charge in [0.05, 0.1) is 12.1 Å². The van der Waals surface area contributed by atoms with Crippen molar-refractivity contribution in [2.45, 2.75) is 18.8 Å². The van der Waals surface area contributed by atoms with Gasteiger partial charge < -0.3 is 5.11 Å². The first-order valence-corrected chi connectivity index (χ1v) is 4.97. The lowest BCUT2D eigenvalue weighted by Gasteiger charge is -2.20. The number of aromatic nitrogens is 2. The number of carbonyl (C=O) groups excluding carboxylic acids is 2. The summed E-state index contributed by atoms with van der Waals surface area (Å²) < 4.78 is 0. The third-order valence-electron chi connectivity index (χ3n) is 2.54. The highest BCUT2D eigenvalue weighted by Crippen LogP contribution is 2.24. The molecule has 1 aliphatic heterocycles. The molecule has 1 aromatic rings. The summed E-state index contributed by atoms with van der Waals surface area (Å²) in [5, 5.41) is 17.9. The second kappa shape index (κ2) is 4.28. The SMILES string of the molecule is O=C1CCC(c2cnnc(C(=O)O)c2)C(=O)N1. The van der Waals surface area contributed by atoms with E-state index in [2.05, 4.69) is 15.5 Å². The molecule has 1 aromatic heterocycles. The monoisotopic (exact) mass is 235 g/mol. The van der Waals surface area contributed by atoms with Crippen molar-refractivity contribution in [3.8, 4) is 0 Å². The van der Waals surface area contributed by atoms with Gasteiger partial charge >= 0.3 is 5.97 Å². The predicted molar refractivity (Wildman–Crippen MR) is 54.1 cm³/mol. The third kappa shape index (κ3) is 2.27. The molecule has 1 atom stereocenters. The maximum Gasteiger partial charge on any atom is 0.356 e. The van der Waals surface area contributed by atoms with E-state index in [0.717, 1.165) is 0 Å². The van der Waals surface area contributed by atoms with E-state index in [1.54, 1.807) is 0 Å². The molecule has 0 aliphatic carbocycles. The first kappa shape index (κ1) is 11.2. The molecule has 1 saturated heterocycles. The summed E-state index contributed by atoms with van der Waals surface area (Å²) in [6.45, 7) is 0. The number of rotatable bonds is 2. The summed E-state index contributed by atoms with van der Waals surface area (Å²) in [7, 11) is 0. The normalized spacial score (nSPS) is 19.9. The van der Waals surface area contributed by atoms with E-state index in [4.69, 9.17) is 5.11 Å². The average molecular weight is 235 g/mol. The van der Waals surface area contributed by atoms with Crippen LogP contribution in [0.25, 0.3) is 0 Å². The van der Waals surface area contributed by atoms with E-state index in [0.29, 0.717) is 12.0 Å². The summed E-state index contributed by atoms with van der Waals surface area (Å²) in [5.74, 6) is -2.48. The number of piperidine rings is 1. The van der Waals surface area contributed by atoms with Crippen LogP contribution >= 0.6 is 0 Å². The van der Waals surface area contributed by atoms with Gasteiger partial charge in [0, 0.05) is 6.42 Å². The Kier molecular flexibility index (Phi) is 2.82. The van der Waals surface area contributed by atoms with Crippen molar-refractivity contribution in [1.82, 2.24) is 15.5 Å². The van der Waals surface area contributed by atoms with Crippen molar-refractivity contribution >= 4 is 17.8 Å².